The minimum atomic E-state index is -0.450. The van der Waals surface area contributed by atoms with Crippen LogP contribution in [0.2, 0.25) is 5.02 Å². The number of benzene rings is 3. The average Bonchev–Trinajstić information content (AvgIpc) is 3.24. The number of halogens is 1. The van der Waals surface area contributed by atoms with Crippen LogP contribution in [0, 0.1) is 10.1 Å². The van der Waals surface area contributed by atoms with Gasteiger partial charge in [-0.3, -0.25) is 14.9 Å². The Morgan fingerprint density at radius 2 is 1.69 bits per heavy atom. The summed E-state index contributed by atoms with van der Waals surface area (Å²) in [5, 5.41) is 19.0. The summed E-state index contributed by atoms with van der Waals surface area (Å²) in [6.45, 7) is 0. The van der Waals surface area contributed by atoms with Crippen LogP contribution in [-0.2, 0) is 4.79 Å². The molecule has 32 heavy (non-hydrogen) atoms. The fraction of sp³-hybridized carbons (Fsp3) is 0. The van der Waals surface area contributed by atoms with E-state index in [1.54, 1.807) is 53.4 Å². The number of nitro groups is 1. The fourth-order valence-corrected chi connectivity index (χ4v) is 3.20. The molecule has 0 spiro atoms. The standard InChI is InChI=1S/C24H17ClN4O3/c25-19-9-11-20(12-10-19)26-23(30)15-8-18-16-28(21-4-2-1-3-5-21)27-24(18)17-6-13-22(14-7-17)29(31)32/h1-16H,(H,26,30)/b15-8-. The number of nitro benzene ring substituents is 1. The second-order valence-corrected chi connectivity index (χ2v) is 7.28. The number of aromatic nitrogens is 2. The molecular weight excluding hydrogens is 428 g/mol. The molecule has 0 fully saturated rings. The molecule has 0 aliphatic rings. The van der Waals surface area contributed by atoms with E-state index in [2.05, 4.69) is 10.4 Å². The number of rotatable bonds is 6. The number of carbonyl (C=O) groups is 1. The lowest BCUT2D eigenvalue weighted by Gasteiger charge is -2.02. The van der Waals surface area contributed by atoms with Gasteiger partial charge in [0.15, 0.2) is 0 Å². The zero-order chi connectivity index (χ0) is 22.5. The van der Waals surface area contributed by atoms with Gasteiger partial charge in [0.2, 0.25) is 5.91 Å². The molecule has 0 aliphatic carbocycles. The molecule has 1 amide bonds. The highest BCUT2D eigenvalue weighted by Gasteiger charge is 2.13. The lowest BCUT2D eigenvalue weighted by molar-refractivity contribution is -0.384. The monoisotopic (exact) mass is 444 g/mol. The van der Waals surface area contributed by atoms with Gasteiger partial charge in [0, 0.05) is 46.2 Å². The third-order valence-corrected chi connectivity index (χ3v) is 4.89. The van der Waals surface area contributed by atoms with Crippen molar-refractivity contribution in [2.24, 2.45) is 0 Å². The zero-order valence-corrected chi connectivity index (χ0v) is 17.4. The molecule has 4 aromatic rings. The topological polar surface area (TPSA) is 90.1 Å². The van der Waals surface area contributed by atoms with E-state index in [9.17, 15) is 14.9 Å². The Kier molecular flexibility index (Phi) is 6.10. The van der Waals surface area contributed by atoms with Crippen LogP contribution in [0.4, 0.5) is 11.4 Å². The maximum Gasteiger partial charge on any atom is 0.269 e. The molecule has 0 bridgehead atoms. The van der Waals surface area contributed by atoms with Crippen LogP contribution < -0.4 is 5.32 Å². The van der Waals surface area contributed by atoms with Gasteiger partial charge < -0.3 is 5.32 Å². The molecule has 8 heteroatoms. The van der Waals surface area contributed by atoms with Gasteiger partial charge in [-0.05, 0) is 54.6 Å². The second-order valence-electron chi connectivity index (χ2n) is 6.85. The van der Waals surface area contributed by atoms with Crippen LogP contribution in [-0.4, -0.2) is 20.6 Å². The van der Waals surface area contributed by atoms with E-state index in [1.807, 2.05) is 30.3 Å². The molecule has 0 saturated heterocycles. The number of amides is 1. The number of non-ortho nitro benzene ring substituents is 1. The van der Waals surface area contributed by atoms with Crippen molar-refractivity contribution >= 4 is 35.0 Å². The molecule has 0 unspecified atom stereocenters. The molecule has 0 aliphatic heterocycles. The molecular formula is C24H17ClN4O3. The van der Waals surface area contributed by atoms with Crippen LogP contribution in [0.3, 0.4) is 0 Å². The van der Waals surface area contributed by atoms with Crippen molar-refractivity contribution in [1.29, 1.82) is 0 Å². The predicted octanol–water partition coefficient (Wildman–Crippen LogP) is 5.75. The minimum Gasteiger partial charge on any atom is -0.323 e. The summed E-state index contributed by atoms with van der Waals surface area (Å²) in [4.78, 5) is 22.9. The number of hydrogen-bond acceptors (Lipinski definition) is 4. The van der Waals surface area contributed by atoms with E-state index in [0.717, 1.165) is 5.69 Å². The highest BCUT2D eigenvalue weighted by molar-refractivity contribution is 6.30. The molecule has 1 aromatic heterocycles. The van der Waals surface area contributed by atoms with Crippen molar-refractivity contribution in [3.63, 3.8) is 0 Å². The van der Waals surface area contributed by atoms with Gasteiger partial charge in [0.25, 0.3) is 5.69 Å². The Bertz CT molecular complexity index is 1280. The number of nitrogens with one attached hydrogen (secondary N) is 1. The van der Waals surface area contributed by atoms with Crippen molar-refractivity contribution < 1.29 is 9.72 Å². The Balaban J connectivity index is 1.65. The van der Waals surface area contributed by atoms with Crippen LogP contribution in [0.25, 0.3) is 23.0 Å². The van der Waals surface area contributed by atoms with Crippen LogP contribution in [0.15, 0.2) is 91.1 Å². The van der Waals surface area contributed by atoms with Gasteiger partial charge in [-0.1, -0.05) is 29.8 Å². The molecule has 1 N–H and O–H groups in total. The number of hydrogen-bond donors (Lipinski definition) is 1. The third kappa shape index (κ3) is 4.91. The highest BCUT2D eigenvalue weighted by atomic mass is 35.5. The first-order valence-electron chi connectivity index (χ1n) is 9.64. The van der Waals surface area contributed by atoms with Gasteiger partial charge in [0.1, 0.15) is 0 Å². The summed E-state index contributed by atoms with van der Waals surface area (Å²) in [5.74, 6) is -0.311. The summed E-state index contributed by atoms with van der Waals surface area (Å²) >= 11 is 5.87. The maximum atomic E-state index is 12.4. The summed E-state index contributed by atoms with van der Waals surface area (Å²) < 4.78 is 1.70. The predicted molar refractivity (Wildman–Crippen MR) is 125 cm³/mol. The fourth-order valence-electron chi connectivity index (χ4n) is 3.07. The van der Waals surface area contributed by atoms with E-state index >= 15 is 0 Å². The molecule has 7 nitrogen and oxygen atoms in total. The van der Waals surface area contributed by atoms with E-state index in [4.69, 9.17) is 11.6 Å². The second kappa shape index (κ2) is 9.28. The highest BCUT2D eigenvalue weighted by Crippen LogP contribution is 2.27. The summed E-state index contributed by atoms with van der Waals surface area (Å²) in [6.07, 6.45) is 4.88. The van der Waals surface area contributed by atoms with Gasteiger partial charge >= 0.3 is 0 Å². The minimum absolute atomic E-state index is 0.00400. The molecule has 158 valence electrons. The molecule has 4 rings (SSSR count). The lowest BCUT2D eigenvalue weighted by Crippen LogP contribution is -2.07. The van der Waals surface area contributed by atoms with Crippen molar-refractivity contribution in [2.75, 3.05) is 5.32 Å². The molecule has 0 saturated carbocycles. The number of anilines is 1. The Labute approximate surface area is 188 Å². The lowest BCUT2D eigenvalue weighted by atomic mass is 10.1. The number of carbonyl (C=O) groups excluding carboxylic acids is 1. The SMILES string of the molecule is O=C(/C=C\c1cn(-c2ccccc2)nc1-c1ccc([N+](=O)[O-])cc1)Nc1ccc(Cl)cc1. The number of para-hydroxylation sites is 1. The number of nitrogens with zero attached hydrogens (tertiary/aromatic N) is 3. The third-order valence-electron chi connectivity index (χ3n) is 4.64. The summed E-state index contributed by atoms with van der Waals surface area (Å²) in [7, 11) is 0. The normalized spacial score (nSPS) is 10.9. The van der Waals surface area contributed by atoms with Crippen molar-refractivity contribution in [1.82, 2.24) is 9.78 Å². The van der Waals surface area contributed by atoms with Crippen LogP contribution in [0.5, 0.6) is 0 Å². The van der Waals surface area contributed by atoms with Gasteiger partial charge in [-0.2, -0.15) is 5.10 Å². The zero-order valence-electron chi connectivity index (χ0n) is 16.7. The Morgan fingerprint density at radius 3 is 2.34 bits per heavy atom. The first-order chi connectivity index (χ1) is 15.5. The quantitative estimate of drug-likeness (QED) is 0.233. The van der Waals surface area contributed by atoms with Crippen molar-refractivity contribution in [2.45, 2.75) is 0 Å². The average molecular weight is 445 g/mol. The summed E-state index contributed by atoms with van der Waals surface area (Å²) in [6, 6.07) is 22.5. The van der Waals surface area contributed by atoms with E-state index in [1.165, 1.54) is 18.2 Å². The first kappa shape index (κ1) is 21.0. The van der Waals surface area contributed by atoms with Crippen molar-refractivity contribution in [3.05, 3.63) is 112 Å². The summed E-state index contributed by atoms with van der Waals surface area (Å²) in [5.41, 5.74) is 3.45. The van der Waals surface area contributed by atoms with Gasteiger partial charge in [-0.25, -0.2) is 4.68 Å². The van der Waals surface area contributed by atoms with E-state index in [-0.39, 0.29) is 11.6 Å². The smallest absolute Gasteiger partial charge is 0.269 e. The van der Waals surface area contributed by atoms with E-state index in [0.29, 0.717) is 27.5 Å². The first-order valence-corrected chi connectivity index (χ1v) is 10.0. The van der Waals surface area contributed by atoms with Crippen LogP contribution >= 0.6 is 11.6 Å². The molecule has 1 heterocycles. The maximum absolute atomic E-state index is 12.4. The van der Waals surface area contributed by atoms with Crippen LogP contribution in [0.1, 0.15) is 5.56 Å². The van der Waals surface area contributed by atoms with Crippen molar-refractivity contribution in [3.8, 4) is 16.9 Å². The Morgan fingerprint density at radius 1 is 1.00 bits per heavy atom. The molecule has 0 radical (unpaired) electrons. The molecule has 3 aromatic carbocycles. The van der Waals surface area contributed by atoms with E-state index < -0.39 is 4.92 Å². The largest absolute Gasteiger partial charge is 0.323 e. The van der Waals surface area contributed by atoms with Gasteiger partial charge in [0.05, 0.1) is 16.3 Å². The van der Waals surface area contributed by atoms with Gasteiger partial charge in [-0.15, -0.1) is 0 Å². The Hall–Kier alpha value is -4.23. The molecule has 0 atom stereocenters.